The van der Waals surface area contributed by atoms with Crippen LogP contribution in [-0.4, -0.2) is 35.7 Å². The van der Waals surface area contributed by atoms with Crippen molar-refractivity contribution in [2.24, 2.45) is 5.92 Å². The Balaban J connectivity index is 2.30. The summed E-state index contributed by atoms with van der Waals surface area (Å²) in [5.41, 5.74) is 0. The van der Waals surface area contributed by atoms with E-state index in [1.807, 2.05) is 0 Å². The summed E-state index contributed by atoms with van der Waals surface area (Å²) in [4.78, 5) is 23.6. The summed E-state index contributed by atoms with van der Waals surface area (Å²) in [6.07, 6.45) is 1.88. The number of rotatable bonds is 5. The van der Waals surface area contributed by atoms with Gasteiger partial charge in [0, 0.05) is 6.54 Å². The van der Waals surface area contributed by atoms with Gasteiger partial charge in [-0.2, -0.15) is 12.6 Å². The van der Waals surface area contributed by atoms with Crippen LogP contribution in [0.25, 0.3) is 0 Å². The maximum absolute atomic E-state index is 11.2. The van der Waals surface area contributed by atoms with Gasteiger partial charge in [-0.25, -0.2) is 4.79 Å². The molecule has 4 nitrogen and oxygen atoms in total. The highest BCUT2D eigenvalue weighted by molar-refractivity contribution is 7.80. The molecule has 1 N–H and O–H groups in total. The molecule has 80 valence electrons. The SMILES string of the molecule is CC(CCS)CCN1C(=O)CNC1=O. The molecule has 1 atom stereocenters. The number of hydrogen-bond donors (Lipinski definition) is 2. The quantitative estimate of drug-likeness (QED) is 0.529. The Bertz CT molecular complexity index is 217. The largest absolute Gasteiger partial charge is 0.329 e. The van der Waals surface area contributed by atoms with Crippen LogP contribution < -0.4 is 5.32 Å². The second-order valence-corrected chi connectivity index (χ2v) is 4.06. The highest BCUT2D eigenvalue weighted by Crippen LogP contribution is 2.10. The summed E-state index contributed by atoms with van der Waals surface area (Å²) in [7, 11) is 0. The number of nitrogens with one attached hydrogen (secondary N) is 1. The monoisotopic (exact) mass is 216 g/mol. The Morgan fingerprint density at radius 3 is 2.71 bits per heavy atom. The smallest absolute Gasteiger partial charge is 0.324 e. The standard InChI is InChI=1S/C9H16N2O2S/c1-7(3-5-14)2-4-11-8(12)6-10-9(11)13/h7,14H,2-6H2,1H3,(H,10,13). The first-order valence-corrected chi connectivity index (χ1v) is 5.47. The number of hydrogen-bond acceptors (Lipinski definition) is 3. The number of nitrogens with zero attached hydrogens (tertiary/aromatic N) is 1. The number of thiol groups is 1. The third-order valence-electron chi connectivity index (χ3n) is 2.40. The molecular formula is C9H16N2O2S. The topological polar surface area (TPSA) is 49.4 Å². The van der Waals surface area contributed by atoms with Crippen LogP contribution in [0.5, 0.6) is 0 Å². The summed E-state index contributed by atoms with van der Waals surface area (Å²) in [6.45, 7) is 2.79. The molecule has 1 fully saturated rings. The van der Waals surface area contributed by atoms with Crippen molar-refractivity contribution in [1.29, 1.82) is 0 Å². The number of carbonyl (C=O) groups excluding carboxylic acids is 2. The van der Waals surface area contributed by atoms with E-state index in [4.69, 9.17) is 0 Å². The molecule has 5 heteroatoms. The molecule has 14 heavy (non-hydrogen) atoms. The lowest BCUT2D eigenvalue weighted by atomic mass is 10.1. The molecule has 0 aromatic carbocycles. The van der Waals surface area contributed by atoms with Gasteiger partial charge >= 0.3 is 6.03 Å². The van der Waals surface area contributed by atoms with Crippen LogP contribution >= 0.6 is 12.6 Å². The predicted molar refractivity (Wildman–Crippen MR) is 57.4 cm³/mol. The van der Waals surface area contributed by atoms with Gasteiger partial charge in [0.15, 0.2) is 0 Å². The van der Waals surface area contributed by atoms with Crippen molar-refractivity contribution in [3.8, 4) is 0 Å². The van der Waals surface area contributed by atoms with Gasteiger partial charge in [-0.3, -0.25) is 9.69 Å². The van der Waals surface area contributed by atoms with Crippen LogP contribution in [0.2, 0.25) is 0 Å². The number of urea groups is 1. The Kier molecular flexibility index (Phi) is 4.25. The lowest BCUT2D eigenvalue weighted by Gasteiger charge is -2.15. The van der Waals surface area contributed by atoms with Crippen LogP contribution in [0, 0.1) is 5.92 Å². The van der Waals surface area contributed by atoms with Gasteiger partial charge in [-0.1, -0.05) is 6.92 Å². The zero-order chi connectivity index (χ0) is 10.6. The molecule has 1 aliphatic rings. The van der Waals surface area contributed by atoms with Crippen molar-refractivity contribution in [2.75, 3.05) is 18.8 Å². The van der Waals surface area contributed by atoms with Crippen molar-refractivity contribution in [3.05, 3.63) is 0 Å². The first kappa shape index (κ1) is 11.4. The molecular weight excluding hydrogens is 200 g/mol. The highest BCUT2D eigenvalue weighted by atomic mass is 32.1. The van der Waals surface area contributed by atoms with Crippen LogP contribution in [0.15, 0.2) is 0 Å². The summed E-state index contributed by atoms with van der Waals surface area (Å²) < 4.78 is 0. The van der Waals surface area contributed by atoms with E-state index in [9.17, 15) is 9.59 Å². The molecule has 0 saturated carbocycles. The molecule has 1 heterocycles. The molecule has 0 aromatic rings. The summed E-state index contributed by atoms with van der Waals surface area (Å²) in [5.74, 6) is 1.24. The van der Waals surface area contributed by atoms with E-state index in [1.165, 1.54) is 4.90 Å². The molecule has 1 aliphatic heterocycles. The van der Waals surface area contributed by atoms with Crippen molar-refractivity contribution in [2.45, 2.75) is 19.8 Å². The van der Waals surface area contributed by atoms with Gasteiger partial charge in [0.2, 0.25) is 5.91 Å². The fourth-order valence-corrected chi connectivity index (χ4v) is 1.84. The van der Waals surface area contributed by atoms with Crippen LogP contribution in [0.4, 0.5) is 4.79 Å². The molecule has 0 aliphatic carbocycles. The van der Waals surface area contributed by atoms with Gasteiger partial charge in [-0.05, 0) is 24.5 Å². The molecule has 0 radical (unpaired) electrons. The summed E-state index contributed by atoms with van der Waals surface area (Å²) >= 11 is 4.14. The highest BCUT2D eigenvalue weighted by Gasteiger charge is 2.27. The molecule has 0 spiro atoms. The zero-order valence-electron chi connectivity index (χ0n) is 8.32. The molecule has 3 amide bonds. The Hall–Kier alpha value is -0.710. The zero-order valence-corrected chi connectivity index (χ0v) is 9.22. The molecule has 1 rings (SSSR count). The van der Waals surface area contributed by atoms with Crippen molar-refractivity contribution >= 4 is 24.6 Å². The Labute approximate surface area is 89.4 Å². The van der Waals surface area contributed by atoms with Gasteiger partial charge in [0.05, 0.1) is 6.54 Å². The minimum absolute atomic E-state index is 0.118. The average molecular weight is 216 g/mol. The fraction of sp³-hybridized carbons (Fsp3) is 0.778. The molecule has 0 bridgehead atoms. The number of amides is 3. The first-order valence-electron chi connectivity index (χ1n) is 4.84. The van der Waals surface area contributed by atoms with Crippen molar-refractivity contribution in [3.63, 3.8) is 0 Å². The van der Waals surface area contributed by atoms with E-state index in [2.05, 4.69) is 24.9 Å². The third kappa shape index (κ3) is 2.90. The predicted octanol–water partition coefficient (Wildman–Crippen LogP) is 0.884. The van der Waals surface area contributed by atoms with Crippen LogP contribution in [0.3, 0.4) is 0 Å². The second-order valence-electron chi connectivity index (χ2n) is 3.61. The van der Waals surface area contributed by atoms with Gasteiger partial charge in [0.25, 0.3) is 0 Å². The number of carbonyl (C=O) groups is 2. The van der Waals surface area contributed by atoms with E-state index < -0.39 is 0 Å². The van der Waals surface area contributed by atoms with Crippen molar-refractivity contribution in [1.82, 2.24) is 10.2 Å². The lowest BCUT2D eigenvalue weighted by molar-refractivity contribution is -0.125. The van der Waals surface area contributed by atoms with E-state index in [-0.39, 0.29) is 18.5 Å². The van der Waals surface area contributed by atoms with Crippen molar-refractivity contribution < 1.29 is 9.59 Å². The Morgan fingerprint density at radius 1 is 1.50 bits per heavy atom. The first-order chi connectivity index (χ1) is 6.65. The van der Waals surface area contributed by atoms with Gasteiger partial charge in [0.1, 0.15) is 0 Å². The average Bonchev–Trinajstić information content (AvgIpc) is 2.44. The van der Waals surface area contributed by atoms with Gasteiger partial charge in [-0.15, -0.1) is 0 Å². The summed E-state index contributed by atoms with van der Waals surface area (Å²) in [6, 6.07) is -0.256. The maximum Gasteiger partial charge on any atom is 0.324 e. The van der Waals surface area contributed by atoms with E-state index in [1.54, 1.807) is 0 Å². The normalized spacial score (nSPS) is 18.6. The van der Waals surface area contributed by atoms with E-state index in [0.29, 0.717) is 12.5 Å². The second kappa shape index (κ2) is 5.24. The summed E-state index contributed by atoms with van der Waals surface area (Å²) in [5, 5.41) is 2.50. The fourth-order valence-electron chi connectivity index (χ4n) is 1.40. The molecule has 0 aromatic heterocycles. The number of imide groups is 1. The maximum atomic E-state index is 11.2. The molecule has 1 saturated heterocycles. The van der Waals surface area contributed by atoms with E-state index >= 15 is 0 Å². The van der Waals surface area contributed by atoms with Crippen LogP contribution in [-0.2, 0) is 4.79 Å². The Morgan fingerprint density at radius 2 is 2.21 bits per heavy atom. The minimum Gasteiger partial charge on any atom is -0.329 e. The lowest BCUT2D eigenvalue weighted by Crippen LogP contribution is -2.32. The third-order valence-corrected chi connectivity index (χ3v) is 2.66. The minimum atomic E-state index is -0.256. The van der Waals surface area contributed by atoms with Crippen LogP contribution in [0.1, 0.15) is 19.8 Å². The van der Waals surface area contributed by atoms with E-state index in [0.717, 1.165) is 18.6 Å². The van der Waals surface area contributed by atoms with Gasteiger partial charge < -0.3 is 5.32 Å². The molecule has 1 unspecified atom stereocenters.